The predicted octanol–water partition coefficient (Wildman–Crippen LogP) is 4.01. The van der Waals surface area contributed by atoms with E-state index in [1.807, 2.05) is 50.2 Å². The van der Waals surface area contributed by atoms with E-state index in [1.165, 1.54) is 11.8 Å². The molecule has 0 radical (unpaired) electrons. The summed E-state index contributed by atoms with van der Waals surface area (Å²) in [7, 11) is 3.72. The Labute approximate surface area is 146 Å². The average Bonchev–Trinajstić information content (AvgIpc) is 2.59. The molecule has 5 nitrogen and oxygen atoms in total. The number of pyridine rings is 1. The molecule has 2 rings (SSSR count). The van der Waals surface area contributed by atoms with Gasteiger partial charge in [-0.05, 0) is 29.7 Å². The van der Waals surface area contributed by atoms with Gasteiger partial charge in [-0.3, -0.25) is 0 Å². The van der Waals surface area contributed by atoms with Gasteiger partial charge in [0.25, 0.3) is 0 Å². The molecule has 1 aromatic heterocycles. The fourth-order valence-corrected chi connectivity index (χ4v) is 3.31. The summed E-state index contributed by atoms with van der Waals surface area (Å²) in [5.41, 5.74) is 9.29. The molecule has 2 N–H and O–H groups in total. The lowest BCUT2D eigenvalue weighted by molar-refractivity contribution is 0.982. The number of nitriles is 1. The van der Waals surface area contributed by atoms with Gasteiger partial charge in [-0.15, -0.1) is 11.8 Å². The van der Waals surface area contributed by atoms with Gasteiger partial charge < -0.3 is 10.6 Å². The summed E-state index contributed by atoms with van der Waals surface area (Å²) >= 11 is 1.51. The molecule has 0 spiro atoms. The van der Waals surface area contributed by atoms with Crippen LogP contribution in [0.4, 0.5) is 17.2 Å². The number of nitrogen functional groups attached to an aromatic ring is 1. The maximum atomic E-state index is 9.58. The van der Waals surface area contributed by atoms with E-state index in [4.69, 9.17) is 12.3 Å². The van der Waals surface area contributed by atoms with E-state index in [0.29, 0.717) is 34.3 Å². The number of aromatic nitrogens is 1. The van der Waals surface area contributed by atoms with E-state index in [2.05, 4.69) is 15.9 Å². The highest BCUT2D eigenvalue weighted by Gasteiger charge is 2.20. The summed E-state index contributed by atoms with van der Waals surface area (Å²) in [5, 5.41) is 10.2. The van der Waals surface area contributed by atoms with E-state index in [1.54, 1.807) is 0 Å². The first kappa shape index (κ1) is 17.7. The predicted molar refractivity (Wildman–Crippen MR) is 99.3 cm³/mol. The highest BCUT2D eigenvalue weighted by Crippen LogP contribution is 2.38. The molecule has 6 heteroatoms. The van der Waals surface area contributed by atoms with Crippen molar-refractivity contribution in [3.8, 4) is 6.07 Å². The second-order valence-corrected chi connectivity index (χ2v) is 6.41. The maximum Gasteiger partial charge on any atom is 0.232 e. The second kappa shape index (κ2) is 7.72. The first-order valence-corrected chi connectivity index (χ1v) is 8.49. The molecule has 0 unspecified atom stereocenters. The highest BCUT2D eigenvalue weighted by molar-refractivity contribution is 7.98. The minimum Gasteiger partial charge on any atom is -0.399 e. The molecular formula is C18H19N5S. The Balaban J connectivity index is 2.45. The molecule has 0 bridgehead atoms. The quantitative estimate of drug-likeness (QED) is 0.507. The normalized spacial score (nSPS) is 10.0. The van der Waals surface area contributed by atoms with Gasteiger partial charge in [0, 0.05) is 25.5 Å². The maximum absolute atomic E-state index is 9.58. The van der Waals surface area contributed by atoms with Gasteiger partial charge >= 0.3 is 0 Å². The first-order valence-electron chi connectivity index (χ1n) is 7.50. The summed E-state index contributed by atoms with van der Waals surface area (Å²) < 4.78 is 0. The van der Waals surface area contributed by atoms with Crippen molar-refractivity contribution < 1.29 is 0 Å². The molecule has 0 atom stereocenters. The Bertz CT molecular complexity index is 813. The smallest absolute Gasteiger partial charge is 0.232 e. The van der Waals surface area contributed by atoms with Crippen molar-refractivity contribution in [2.75, 3.05) is 24.7 Å². The number of thioether (sulfide) groups is 1. The van der Waals surface area contributed by atoms with Crippen LogP contribution < -0.4 is 10.6 Å². The van der Waals surface area contributed by atoms with Crippen molar-refractivity contribution in [3.05, 3.63) is 52.4 Å². The van der Waals surface area contributed by atoms with Crippen LogP contribution in [-0.2, 0) is 12.2 Å². The average molecular weight is 337 g/mol. The van der Waals surface area contributed by atoms with Gasteiger partial charge in [0.2, 0.25) is 5.69 Å². The van der Waals surface area contributed by atoms with E-state index >= 15 is 0 Å². The topological polar surface area (TPSA) is 70.3 Å². The van der Waals surface area contributed by atoms with Crippen LogP contribution in [0.2, 0.25) is 0 Å². The molecule has 24 heavy (non-hydrogen) atoms. The minimum atomic E-state index is 0.468. The number of rotatable bonds is 5. The van der Waals surface area contributed by atoms with Crippen molar-refractivity contribution in [2.45, 2.75) is 24.1 Å². The molecule has 0 aliphatic carbocycles. The van der Waals surface area contributed by atoms with Crippen LogP contribution in [0.15, 0.2) is 29.3 Å². The van der Waals surface area contributed by atoms with Crippen LogP contribution in [0.3, 0.4) is 0 Å². The van der Waals surface area contributed by atoms with E-state index < -0.39 is 0 Å². The number of nitrogens with two attached hydrogens (primary N) is 1. The number of hydrogen-bond acceptors (Lipinski definition) is 5. The van der Waals surface area contributed by atoms with Crippen molar-refractivity contribution in [2.24, 2.45) is 0 Å². The SMILES string of the molecule is [C-]#[N+]c1c(N(C)C)nc(SCc2ccc(N)cc2)c(C#N)c1CC. The molecule has 0 fully saturated rings. The van der Waals surface area contributed by atoms with Gasteiger partial charge in [-0.25, -0.2) is 9.83 Å². The fraction of sp³-hybridized carbons (Fsp3) is 0.278. The summed E-state index contributed by atoms with van der Waals surface area (Å²) in [5.74, 6) is 1.30. The van der Waals surface area contributed by atoms with Gasteiger partial charge in [-0.2, -0.15) is 5.26 Å². The number of anilines is 2. The molecule has 2 aromatic rings. The zero-order valence-corrected chi connectivity index (χ0v) is 14.8. The Morgan fingerprint density at radius 3 is 2.50 bits per heavy atom. The Morgan fingerprint density at radius 2 is 2.00 bits per heavy atom. The molecular weight excluding hydrogens is 318 g/mol. The van der Waals surface area contributed by atoms with Crippen molar-refractivity contribution in [1.29, 1.82) is 5.26 Å². The van der Waals surface area contributed by atoms with Crippen LogP contribution in [-0.4, -0.2) is 19.1 Å². The number of benzene rings is 1. The molecule has 0 aliphatic rings. The summed E-state index contributed by atoms with van der Waals surface area (Å²) in [6.07, 6.45) is 0.624. The molecule has 122 valence electrons. The number of hydrogen-bond donors (Lipinski definition) is 1. The van der Waals surface area contributed by atoms with Crippen molar-refractivity contribution >= 4 is 29.0 Å². The van der Waals surface area contributed by atoms with Crippen molar-refractivity contribution in [3.63, 3.8) is 0 Å². The zero-order chi connectivity index (χ0) is 17.7. The lowest BCUT2D eigenvalue weighted by Crippen LogP contribution is -2.13. The number of nitrogens with zero attached hydrogens (tertiary/aromatic N) is 4. The lowest BCUT2D eigenvalue weighted by atomic mass is 10.1. The second-order valence-electron chi connectivity index (χ2n) is 5.44. The standard InChI is InChI=1S/C18H19N5S/c1-5-14-15(10-19)18(22-17(23(3)4)16(14)21-2)24-11-12-6-8-13(20)9-7-12/h6-9H,5,11,20H2,1,3-4H3. The molecule has 0 amide bonds. The van der Waals surface area contributed by atoms with Crippen LogP contribution in [0.1, 0.15) is 23.6 Å². The van der Waals surface area contributed by atoms with Gasteiger partial charge in [0.1, 0.15) is 16.9 Å². The molecule has 1 aromatic carbocycles. The fourth-order valence-electron chi connectivity index (χ4n) is 2.35. The Kier molecular flexibility index (Phi) is 5.68. The first-order chi connectivity index (χ1) is 11.5. The third kappa shape index (κ3) is 3.61. The molecule has 0 saturated carbocycles. The van der Waals surface area contributed by atoms with E-state index in [0.717, 1.165) is 16.8 Å². The summed E-state index contributed by atoms with van der Waals surface area (Å²) in [6.45, 7) is 9.41. The minimum absolute atomic E-state index is 0.468. The largest absolute Gasteiger partial charge is 0.399 e. The third-order valence-corrected chi connectivity index (χ3v) is 4.62. The summed E-state index contributed by atoms with van der Waals surface area (Å²) in [6, 6.07) is 9.89. The van der Waals surface area contributed by atoms with E-state index in [-0.39, 0.29) is 0 Å². The van der Waals surface area contributed by atoms with Crippen LogP contribution in [0.5, 0.6) is 0 Å². The third-order valence-electron chi connectivity index (χ3n) is 3.58. The molecule has 0 aliphatic heterocycles. The Hall–Kier alpha value is -2.70. The monoisotopic (exact) mass is 337 g/mol. The zero-order valence-electron chi connectivity index (χ0n) is 14.0. The van der Waals surface area contributed by atoms with Crippen molar-refractivity contribution in [1.82, 2.24) is 4.98 Å². The highest BCUT2D eigenvalue weighted by atomic mass is 32.2. The van der Waals surface area contributed by atoms with Crippen LogP contribution in [0.25, 0.3) is 4.85 Å². The van der Waals surface area contributed by atoms with Gasteiger partial charge in [-0.1, -0.05) is 19.1 Å². The van der Waals surface area contributed by atoms with Crippen LogP contribution >= 0.6 is 11.8 Å². The van der Waals surface area contributed by atoms with E-state index in [9.17, 15) is 5.26 Å². The molecule has 0 saturated heterocycles. The lowest BCUT2D eigenvalue weighted by Gasteiger charge is -2.18. The van der Waals surface area contributed by atoms with Gasteiger partial charge in [0.05, 0.1) is 12.1 Å². The van der Waals surface area contributed by atoms with Gasteiger partial charge in [0.15, 0.2) is 0 Å². The Morgan fingerprint density at radius 1 is 1.33 bits per heavy atom. The summed E-state index contributed by atoms with van der Waals surface area (Å²) in [4.78, 5) is 10.0. The molecule has 1 heterocycles. The van der Waals surface area contributed by atoms with Crippen LogP contribution in [0, 0.1) is 17.9 Å².